The smallest absolute Gasteiger partial charge is 0.294 e. The number of hydrogen-bond acceptors (Lipinski definition) is 5. The van der Waals surface area contributed by atoms with Gasteiger partial charge in [0, 0.05) is 26.9 Å². The molecule has 3 aromatic rings. The minimum atomic E-state index is -0.534. The number of hydrogen-bond donors (Lipinski definition) is 1. The Morgan fingerprint density at radius 1 is 1.00 bits per heavy atom. The van der Waals surface area contributed by atoms with Crippen LogP contribution < -0.4 is 10.1 Å². The van der Waals surface area contributed by atoms with Crippen LogP contribution in [0.25, 0.3) is 6.08 Å². The SMILES string of the molecule is O=C(CN1C(=O)SC(=Cc2ccccc2OCc2ccc(Cl)cc2Cl)C1=O)Nc1ccccc1. The summed E-state index contributed by atoms with van der Waals surface area (Å²) in [6.07, 6.45) is 1.58. The Kier molecular flexibility index (Phi) is 7.57. The van der Waals surface area contributed by atoms with Crippen LogP contribution in [0.3, 0.4) is 0 Å². The van der Waals surface area contributed by atoms with Crippen molar-refractivity contribution in [3.8, 4) is 5.75 Å². The second kappa shape index (κ2) is 10.8. The zero-order valence-corrected chi connectivity index (χ0v) is 20.0. The van der Waals surface area contributed by atoms with Crippen LogP contribution in [-0.4, -0.2) is 28.5 Å². The van der Waals surface area contributed by atoms with E-state index in [9.17, 15) is 14.4 Å². The van der Waals surface area contributed by atoms with Gasteiger partial charge in [-0.3, -0.25) is 19.3 Å². The van der Waals surface area contributed by atoms with Gasteiger partial charge in [0.15, 0.2) is 0 Å². The Morgan fingerprint density at radius 3 is 2.50 bits per heavy atom. The van der Waals surface area contributed by atoms with Crippen LogP contribution in [0.4, 0.5) is 10.5 Å². The van der Waals surface area contributed by atoms with Gasteiger partial charge in [-0.25, -0.2) is 0 Å². The van der Waals surface area contributed by atoms with Crippen LogP contribution in [0, 0.1) is 0 Å². The van der Waals surface area contributed by atoms with Crippen LogP contribution in [0.2, 0.25) is 10.0 Å². The maximum Gasteiger partial charge on any atom is 0.294 e. The molecule has 0 saturated carbocycles. The first-order valence-electron chi connectivity index (χ1n) is 10.2. The molecule has 3 aromatic carbocycles. The van der Waals surface area contributed by atoms with Gasteiger partial charge in [-0.1, -0.05) is 65.7 Å². The van der Waals surface area contributed by atoms with E-state index in [1.807, 2.05) is 6.07 Å². The third-order valence-corrected chi connectivity index (χ3v) is 6.33. The largest absolute Gasteiger partial charge is 0.488 e. The summed E-state index contributed by atoms with van der Waals surface area (Å²) in [4.78, 5) is 38.7. The molecule has 6 nitrogen and oxygen atoms in total. The molecule has 3 amide bonds. The van der Waals surface area contributed by atoms with Gasteiger partial charge in [0.1, 0.15) is 18.9 Å². The number of benzene rings is 3. The zero-order valence-electron chi connectivity index (χ0n) is 17.7. The van der Waals surface area contributed by atoms with Crippen LogP contribution in [0.1, 0.15) is 11.1 Å². The molecule has 1 N–H and O–H groups in total. The Labute approximate surface area is 210 Å². The molecule has 0 aliphatic carbocycles. The summed E-state index contributed by atoms with van der Waals surface area (Å²) in [5.41, 5.74) is 1.96. The number of nitrogens with zero attached hydrogens (tertiary/aromatic N) is 1. The fourth-order valence-corrected chi connectivity index (χ4v) is 4.46. The number of rotatable bonds is 7. The van der Waals surface area contributed by atoms with Crippen LogP contribution in [-0.2, 0) is 16.2 Å². The lowest BCUT2D eigenvalue weighted by atomic mass is 10.1. The van der Waals surface area contributed by atoms with Crippen molar-refractivity contribution in [3.63, 3.8) is 0 Å². The summed E-state index contributed by atoms with van der Waals surface area (Å²) in [6.45, 7) is -0.174. The molecule has 172 valence electrons. The quantitative estimate of drug-likeness (QED) is 0.378. The average molecular weight is 513 g/mol. The van der Waals surface area contributed by atoms with Gasteiger partial charge in [-0.2, -0.15) is 0 Å². The summed E-state index contributed by atoms with van der Waals surface area (Å²) in [5.74, 6) is -0.478. The van der Waals surface area contributed by atoms with E-state index in [0.717, 1.165) is 22.2 Å². The fraction of sp³-hybridized carbons (Fsp3) is 0.0800. The Balaban J connectivity index is 1.46. The third kappa shape index (κ3) is 5.80. The molecule has 34 heavy (non-hydrogen) atoms. The second-order valence-corrected chi connectivity index (χ2v) is 9.08. The minimum absolute atomic E-state index is 0.196. The van der Waals surface area contributed by atoms with Crippen molar-refractivity contribution in [1.82, 2.24) is 4.90 Å². The molecule has 9 heteroatoms. The van der Waals surface area contributed by atoms with Crippen LogP contribution in [0.15, 0.2) is 77.7 Å². The number of carbonyl (C=O) groups excluding carboxylic acids is 3. The summed E-state index contributed by atoms with van der Waals surface area (Å²) in [6, 6.07) is 21.1. The number of halogens is 2. The maximum absolute atomic E-state index is 12.8. The van der Waals surface area contributed by atoms with Gasteiger partial charge in [-0.05, 0) is 48.2 Å². The molecule has 0 unspecified atom stereocenters. The fourth-order valence-electron chi connectivity index (χ4n) is 3.17. The van der Waals surface area contributed by atoms with Gasteiger partial charge in [-0.15, -0.1) is 0 Å². The minimum Gasteiger partial charge on any atom is -0.488 e. The van der Waals surface area contributed by atoms with Crippen molar-refractivity contribution in [2.24, 2.45) is 0 Å². The summed E-state index contributed by atoms with van der Waals surface area (Å²) < 4.78 is 5.92. The first-order chi connectivity index (χ1) is 16.4. The van der Waals surface area contributed by atoms with Crippen molar-refractivity contribution in [2.45, 2.75) is 6.61 Å². The normalized spacial score (nSPS) is 14.5. The lowest BCUT2D eigenvalue weighted by molar-refractivity contribution is -0.127. The summed E-state index contributed by atoms with van der Waals surface area (Å²) >= 11 is 12.9. The highest BCUT2D eigenvalue weighted by molar-refractivity contribution is 8.18. The molecule has 0 aromatic heterocycles. The topological polar surface area (TPSA) is 75.7 Å². The van der Waals surface area contributed by atoms with Crippen molar-refractivity contribution >= 4 is 63.8 Å². The molecule has 1 aliphatic rings. The number of amides is 3. The van der Waals surface area contributed by atoms with Crippen molar-refractivity contribution in [3.05, 3.63) is 98.9 Å². The molecule has 1 saturated heterocycles. The predicted octanol–water partition coefficient (Wildman–Crippen LogP) is 6.25. The summed E-state index contributed by atoms with van der Waals surface area (Å²) in [5, 5.41) is 3.18. The van der Waals surface area contributed by atoms with Crippen LogP contribution >= 0.6 is 35.0 Å². The van der Waals surface area contributed by atoms with E-state index in [2.05, 4.69) is 5.32 Å². The van der Waals surface area contributed by atoms with Gasteiger partial charge in [0.05, 0.1) is 4.91 Å². The van der Waals surface area contributed by atoms with E-state index in [1.54, 1.807) is 72.8 Å². The molecule has 1 aliphatic heterocycles. The van der Waals surface area contributed by atoms with E-state index in [-0.39, 0.29) is 18.1 Å². The molecular weight excluding hydrogens is 495 g/mol. The molecule has 0 bridgehead atoms. The molecular formula is C25H18Cl2N2O4S. The molecule has 1 heterocycles. The lowest BCUT2D eigenvalue weighted by Gasteiger charge is -2.12. The van der Waals surface area contributed by atoms with E-state index in [0.29, 0.717) is 27.0 Å². The van der Waals surface area contributed by atoms with Crippen molar-refractivity contribution < 1.29 is 19.1 Å². The second-order valence-electron chi connectivity index (χ2n) is 7.24. The number of imide groups is 1. The van der Waals surface area contributed by atoms with Crippen LogP contribution in [0.5, 0.6) is 5.75 Å². The highest BCUT2D eigenvalue weighted by Crippen LogP contribution is 2.34. The number of nitrogens with one attached hydrogen (secondary N) is 1. The monoisotopic (exact) mass is 512 g/mol. The van der Waals surface area contributed by atoms with E-state index in [1.165, 1.54) is 0 Å². The number of para-hydroxylation sites is 2. The first-order valence-corrected chi connectivity index (χ1v) is 11.7. The average Bonchev–Trinajstić information content (AvgIpc) is 3.07. The predicted molar refractivity (Wildman–Crippen MR) is 135 cm³/mol. The molecule has 0 radical (unpaired) electrons. The Hall–Kier alpha value is -3.26. The van der Waals surface area contributed by atoms with Gasteiger partial charge < -0.3 is 10.1 Å². The van der Waals surface area contributed by atoms with Crippen molar-refractivity contribution in [1.29, 1.82) is 0 Å². The third-order valence-electron chi connectivity index (χ3n) is 4.84. The number of thioether (sulfide) groups is 1. The van der Waals surface area contributed by atoms with E-state index in [4.69, 9.17) is 27.9 Å². The van der Waals surface area contributed by atoms with Gasteiger partial charge >= 0.3 is 0 Å². The first kappa shape index (κ1) is 23.9. The van der Waals surface area contributed by atoms with Gasteiger partial charge in [0.25, 0.3) is 11.1 Å². The standard InChI is InChI=1S/C25H18Cl2N2O4S/c26-18-11-10-17(20(27)13-18)15-33-21-9-5-4-6-16(21)12-22-24(31)29(25(32)34-22)14-23(30)28-19-7-2-1-3-8-19/h1-13H,14-15H2,(H,28,30). The number of anilines is 1. The highest BCUT2D eigenvalue weighted by Gasteiger charge is 2.36. The molecule has 0 spiro atoms. The zero-order chi connectivity index (χ0) is 24.1. The number of ether oxygens (including phenoxy) is 1. The highest BCUT2D eigenvalue weighted by atomic mass is 35.5. The Morgan fingerprint density at radius 2 is 1.74 bits per heavy atom. The lowest BCUT2D eigenvalue weighted by Crippen LogP contribution is -2.36. The maximum atomic E-state index is 12.8. The van der Waals surface area contributed by atoms with E-state index < -0.39 is 17.1 Å². The molecule has 1 fully saturated rings. The number of carbonyl (C=O) groups is 3. The van der Waals surface area contributed by atoms with E-state index >= 15 is 0 Å². The molecule has 4 rings (SSSR count). The van der Waals surface area contributed by atoms with Crippen molar-refractivity contribution in [2.75, 3.05) is 11.9 Å². The Bertz CT molecular complexity index is 1280. The summed E-state index contributed by atoms with van der Waals surface area (Å²) in [7, 11) is 0. The molecule has 0 atom stereocenters. The van der Waals surface area contributed by atoms with Gasteiger partial charge in [0.2, 0.25) is 5.91 Å².